The second-order valence-electron chi connectivity index (χ2n) is 6.17. The summed E-state index contributed by atoms with van der Waals surface area (Å²) in [5.74, 6) is 1.61. The first kappa shape index (κ1) is 16.4. The molecule has 0 heterocycles. The van der Waals surface area contributed by atoms with Gasteiger partial charge in [0.15, 0.2) is 0 Å². The molecule has 4 heteroatoms. The molecule has 3 rings (SSSR count). The molecule has 1 amide bonds. The van der Waals surface area contributed by atoms with Gasteiger partial charge in [0.05, 0.1) is 20.3 Å². The van der Waals surface area contributed by atoms with Gasteiger partial charge in [0.2, 0.25) is 0 Å². The zero-order valence-electron chi connectivity index (χ0n) is 14.4. The number of carbonyl (C=O) groups excluding carboxylic acids is 1. The first-order chi connectivity index (χ1) is 11.6. The Hall–Kier alpha value is -2.49. The number of hydrogen-bond donors (Lipinski definition) is 1. The monoisotopic (exact) mass is 325 g/mol. The van der Waals surface area contributed by atoms with Crippen LogP contribution in [0.3, 0.4) is 0 Å². The van der Waals surface area contributed by atoms with Gasteiger partial charge in [-0.05, 0) is 73.2 Å². The summed E-state index contributed by atoms with van der Waals surface area (Å²) in [6.45, 7) is 1.94. The van der Waals surface area contributed by atoms with Crippen LogP contribution >= 0.6 is 0 Å². The summed E-state index contributed by atoms with van der Waals surface area (Å²) < 4.78 is 10.6. The van der Waals surface area contributed by atoms with E-state index in [2.05, 4.69) is 17.4 Å². The molecule has 2 aromatic carbocycles. The van der Waals surface area contributed by atoms with E-state index in [0.717, 1.165) is 36.3 Å². The van der Waals surface area contributed by atoms with Crippen molar-refractivity contribution in [2.45, 2.75) is 32.2 Å². The molecule has 0 spiro atoms. The van der Waals surface area contributed by atoms with E-state index in [1.54, 1.807) is 20.3 Å². The molecule has 4 nitrogen and oxygen atoms in total. The van der Waals surface area contributed by atoms with Crippen LogP contribution in [0, 0.1) is 6.92 Å². The van der Waals surface area contributed by atoms with Crippen LogP contribution in [0.2, 0.25) is 0 Å². The van der Waals surface area contributed by atoms with E-state index >= 15 is 0 Å². The van der Waals surface area contributed by atoms with Crippen LogP contribution in [0.4, 0.5) is 0 Å². The highest BCUT2D eigenvalue weighted by molar-refractivity contribution is 5.94. The van der Waals surface area contributed by atoms with Gasteiger partial charge in [0.25, 0.3) is 5.91 Å². The fourth-order valence-electron chi connectivity index (χ4n) is 3.33. The molecule has 0 saturated heterocycles. The fourth-order valence-corrected chi connectivity index (χ4v) is 3.33. The highest BCUT2D eigenvalue weighted by Gasteiger charge is 2.23. The highest BCUT2D eigenvalue weighted by atomic mass is 16.5. The van der Waals surface area contributed by atoms with Crippen LogP contribution < -0.4 is 14.8 Å². The quantitative estimate of drug-likeness (QED) is 0.929. The van der Waals surface area contributed by atoms with E-state index in [1.165, 1.54) is 11.1 Å². The average molecular weight is 325 g/mol. The Morgan fingerprint density at radius 1 is 1.12 bits per heavy atom. The predicted molar refractivity (Wildman–Crippen MR) is 93.9 cm³/mol. The van der Waals surface area contributed by atoms with Crippen LogP contribution in [-0.2, 0) is 6.42 Å². The largest absolute Gasteiger partial charge is 0.497 e. The Morgan fingerprint density at radius 3 is 2.67 bits per heavy atom. The SMILES string of the molecule is COc1ccc2c(c1)CCC[C@H]2NC(=O)c1ccc(OC)c(C)c1. The standard InChI is InChI=1S/C20H23NO3/c1-13-11-15(7-10-19(13)24-3)20(22)21-18-6-4-5-14-12-16(23-2)8-9-17(14)18/h7-12,18H,4-6H2,1-3H3,(H,21,22)/t18-/m1/s1. The molecule has 1 aliphatic rings. The third-order valence-electron chi connectivity index (χ3n) is 4.63. The number of nitrogens with one attached hydrogen (secondary N) is 1. The molecule has 2 aromatic rings. The Bertz CT molecular complexity index is 755. The van der Waals surface area contributed by atoms with E-state index in [-0.39, 0.29) is 11.9 Å². The van der Waals surface area contributed by atoms with Crippen molar-refractivity contribution >= 4 is 5.91 Å². The zero-order valence-corrected chi connectivity index (χ0v) is 14.4. The van der Waals surface area contributed by atoms with E-state index < -0.39 is 0 Å². The molecule has 1 N–H and O–H groups in total. The summed E-state index contributed by atoms with van der Waals surface area (Å²) in [7, 11) is 3.31. The first-order valence-electron chi connectivity index (χ1n) is 8.24. The molecular formula is C20H23NO3. The molecule has 24 heavy (non-hydrogen) atoms. The van der Waals surface area contributed by atoms with E-state index in [0.29, 0.717) is 5.56 Å². The van der Waals surface area contributed by atoms with Gasteiger partial charge < -0.3 is 14.8 Å². The number of benzene rings is 2. The first-order valence-corrected chi connectivity index (χ1v) is 8.24. The molecule has 0 bridgehead atoms. The van der Waals surface area contributed by atoms with Gasteiger partial charge in [-0.15, -0.1) is 0 Å². The Kier molecular flexibility index (Phi) is 4.74. The number of amides is 1. The smallest absolute Gasteiger partial charge is 0.251 e. The maximum atomic E-state index is 12.6. The zero-order chi connectivity index (χ0) is 17.1. The van der Waals surface area contributed by atoms with Crippen molar-refractivity contribution in [3.63, 3.8) is 0 Å². The minimum Gasteiger partial charge on any atom is -0.497 e. The lowest BCUT2D eigenvalue weighted by Crippen LogP contribution is -2.31. The molecule has 1 aliphatic carbocycles. The Labute approximate surface area is 142 Å². The summed E-state index contributed by atoms with van der Waals surface area (Å²) in [5, 5.41) is 3.17. The van der Waals surface area contributed by atoms with Gasteiger partial charge in [0.1, 0.15) is 11.5 Å². The topological polar surface area (TPSA) is 47.6 Å². The molecule has 0 aromatic heterocycles. The van der Waals surface area contributed by atoms with E-state index in [1.807, 2.05) is 25.1 Å². The maximum Gasteiger partial charge on any atom is 0.251 e. The highest BCUT2D eigenvalue weighted by Crippen LogP contribution is 2.32. The third-order valence-corrected chi connectivity index (χ3v) is 4.63. The molecule has 1 atom stereocenters. The van der Waals surface area contributed by atoms with Crippen LogP contribution in [0.15, 0.2) is 36.4 Å². The van der Waals surface area contributed by atoms with E-state index in [9.17, 15) is 4.79 Å². The molecule has 0 fully saturated rings. The second kappa shape index (κ2) is 6.95. The third kappa shape index (κ3) is 3.23. The van der Waals surface area contributed by atoms with Gasteiger partial charge in [-0.2, -0.15) is 0 Å². The fraction of sp³-hybridized carbons (Fsp3) is 0.350. The summed E-state index contributed by atoms with van der Waals surface area (Å²) in [6.07, 6.45) is 3.05. The van der Waals surface area contributed by atoms with E-state index in [4.69, 9.17) is 9.47 Å². The minimum absolute atomic E-state index is 0.0468. The van der Waals surface area contributed by atoms with Crippen molar-refractivity contribution in [3.05, 3.63) is 58.7 Å². The maximum absolute atomic E-state index is 12.6. The molecule has 0 radical (unpaired) electrons. The molecule has 126 valence electrons. The summed E-state index contributed by atoms with van der Waals surface area (Å²) >= 11 is 0. The predicted octanol–water partition coefficient (Wildman–Crippen LogP) is 3.82. The lowest BCUT2D eigenvalue weighted by atomic mass is 9.87. The van der Waals surface area contributed by atoms with Crippen molar-refractivity contribution < 1.29 is 14.3 Å². The van der Waals surface area contributed by atoms with Crippen molar-refractivity contribution in [1.29, 1.82) is 0 Å². The van der Waals surface area contributed by atoms with Gasteiger partial charge in [-0.3, -0.25) is 4.79 Å². The number of carbonyl (C=O) groups is 1. The number of fused-ring (bicyclic) bond motifs is 1. The number of methoxy groups -OCH3 is 2. The van der Waals surface area contributed by atoms with Crippen molar-refractivity contribution in [1.82, 2.24) is 5.32 Å². The summed E-state index contributed by atoms with van der Waals surface area (Å²) in [5.41, 5.74) is 4.07. The molecule has 0 aliphatic heterocycles. The Morgan fingerprint density at radius 2 is 1.96 bits per heavy atom. The van der Waals surface area contributed by atoms with Gasteiger partial charge in [-0.1, -0.05) is 6.07 Å². The number of rotatable bonds is 4. The van der Waals surface area contributed by atoms with Crippen LogP contribution in [0.25, 0.3) is 0 Å². The van der Waals surface area contributed by atoms with Crippen molar-refractivity contribution in [3.8, 4) is 11.5 Å². The van der Waals surface area contributed by atoms with Crippen LogP contribution in [-0.4, -0.2) is 20.1 Å². The lowest BCUT2D eigenvalue weighted by molar-refractivity contribution is 0.0932. The minimum atomic E-state index is -0.0468. The van der Waals surface area contributed by atoms with Crippen LogP contribution in [0.5, 0.6) is 11.5 Å². The van der Waals surface area contributed by atoms with Crippen LogP contribution in [0.1, 0.15) is 45.9 Å². The van der Waals surface area contributed by atoms with Crippen molar-refractivity contribution in [2.24, 2.45) is 0 Å². The van der Waals surface area contributed by atoms with Gasteiger partial charge in [-0.25, -0.2) is 0 Å². The number of ether oxygens (including phenoxy) is 2. The van der Waals surface area contributed by atoms with Gasteiger partial charge >= 0.3 is 0 Å². The molecule has 0 unspecified atom stereocenters. The molecule has 0 saturated carbocycles. The van der Waals surface area contributed by atoms with Crippen molar-refractivity contribution in [2.75, 3.05) is 14.2 Å². The second-order valence-corrected chi connectivity index (χ2v) is 6.17. The number of hydrogen-bond acceptors (Lipinski definition) is 3. The summed E-state index contributed by atoms with van der Waals surface area (Å²) in [4.78, 5) is 12.6. The van der Waals surface area contributed by atoms with Gasteiger partial charge in [0, 0.05) is 5.56 Å². The molecular weight excluding hydrogens is 302 g/mol. The lowest BCUT2D eigenvalue weighted by Gasteiger charge is -2.27. The Balaban J connectivity index is 1.80. The normalized spacial score (nSPS) is 16.2. The number of aryl methyl sites for hydroxylation is 2. The summed E-state index contributed by atoms with van der Waals surface area (Å²) in [6, 6.07) is 11.7. The average Bonchev–Trinajstić information content (AvgIpc) is 2.61.